The maximum Gasteiger partial charge on any atom is 0.311 e. The molecular formula is C11H14BrN3O3. The third-order valence-corrected chi connectivity index (χ3v) is 3.57. The van der Waals surface area contributed by atoms with E-state index in [9.17, 15) is 10.1 Å². The highest BCUT2D eigenvalue weighted by Crippen LogP contribution is 2.32. The Balaban J connectivity index is 2.19. The first kappa shape index (κ1) is 13.2. The van der Waals surface area contributed by atoms with E-state index >= 15 is 0 Å². The van der Waals surface area contributed by atoms with Gasteiger partial charge in [-0.15, -0.1) is 0 Å². The number of halogens is 1. The van der Waals surface area contributed by atoms with Crippen molar-refractivity contribution in [1.82, 2.24) is 4.98 Å². The van der Waals surface area contributed by atoms with Crippen molar-refractivity contribution >= 4 is 27.3 Å². The van der Waals surface area contributed by atoms with Gasteiger partial charge in [0.1, 0.15) is 11.9 Å². The van der Waals surface area contributed by atoms with Crippen molar-refractivity contribution in [3.63, 3.8) is 0 Å². The van der Waals surface area contributed by atoms with Gasteiger partial charge in [-0.2, -0.15) is 0 Å². The molecule has 1 saturated heterocycles. The third-order valence-electron chi connectivity index (χ3n) is 2.97. The first-order valence-electron chi connectivity index (χ1n) is 5.75. The topological polar surface area (TPSA) is 77.3 Å². The quantitative estimate of drug-likeness (QED) is 0.682. The van der Waals surface area contributed by atoms with Crippen molar-refractivity contribution < 1.29 is 9.66 Å². The molecule has 18 heavy (non-hydrogen) atoms. The molecule has 6 nitrogen and oxygen atoms in total. The zero-order chi connectivity index (χ0) is 13.1. The largest absolute Gasteiger partial charge is 0.376 e. The van der Waals surface area contributed by atoms with Crippen molar-refractivity contribution in [3.8, 4) is 0 Å². The van der Waals surface area contributed by atoms with Crippen LogP contribution in [0.25, 0.3) is 0 Å². The molecule has 2 rings (SSSR count). The molecule has 0 amide bonds. The Kier molecular flexibility index (Phi) is 4.13. The van der Waals surface area contributed by atoms with Crippen molar-refractivity contribution in [1.29, 1.82) is 0 Å². The Morgan fingerprint density at radius 2 is 2.44 bits per heavy atom. The minimum Gasteiger partial charge on any atom is -0.376 e. The second-order valence-electron chi connectivity index (χ2n) is 4.26. The zero-order valence-corrected chi connectivity index (χ0v) is 11.5. The van der Waals surface area contributed by atoms with Gasteiger partial charge in [0, 0.05) is 18.8 Å². The highest BCUT2D eigenvalue weighted by atomic mass is 79.9. The normalized spacial score (nSPS) is 20.7. The lowest BCUT2D eigenvalue weighted by Crippen LogP contribution is -2.30. The average Bonchev–Trinajstić information content (AvgIpc) is 2.85. The van der Waals surface area contributed by atoms with Crippen LogP contribution < -0.4 is 5.32 Å². The number of nitro groups is 1. The number of nitrogens with zero attached hydrogens (tertiary/aromatic N) is 2. The first-order valence-corrected chi connectivity index (χ1v) is 6.55. The number of hydrogen-bond acceptors (Lipinski definition) is 5. The molecule has 0 radical (unpaired) electrons. The maximum atomic E-state index is 11.0. The molecule has 0 bridgehead atoms. The number of anilines is 1. The predicted octanol–water partition coefficient (Wildman–Crippen LogP) is 2.73. The van der Waals surface area contributed by atoms with E-state index in [0.29, 0.717) is 10.2 Å². The lowest BCUT2D eigenvalue weighted by molar-refractivity contribution is -0.384. The van der Waals surface area contributed by atoms with E-state index in [2.05, 4.69) is 26.2 Å². The molecular weight excluding hydrogens is 302 g/mol. The van der Waals surface area contributed by atoms with Crippen LogP contribution in [-0.4, -0.2) is 28.7 Å². The van der Waals surface area contributed by atoms with E-state index in [1.807, 2.05) is 6.92 Å². The smallest absolute Gasteiger partial charge is 0.311 e. The Labute approximate surface area is 113 Å². The summed E-state index contributed by atoms with van der Waals surface area (Å²) in [5, 5.41) is 14.1. The average molecular weight is 316 g/mol. The monoisotopic (exact) mass is 315 g/mol. The summed E-state index contributed by atoms with van der Waals surface area (Å²) in [6, 6.07) is 0.0184. The summed E-state index contributed by atoms with van der Waals surface area (Å²) in [4.78, 5) is 14.3. The summed E-state index contributed by atoms with van der Waals surface area (Å²) >= 11 is 3.28. The number of rotatable bonds is 4. The van der Waals surface area contributed by atoms with E-state index in [-0.39, 0.29) is 17.8 Å². The zero-order valence-electron chi connectivity index (χ0n) is 9.93. The summed E-state index contributed by atoms with van der Waals surface area (Å²) in [7, 11) is 0. The molecule has 2 atom stereocenters. The standard InChI is InChI=1S/C11H14BrN3O3/c1-7(10-3-2-4-18-10)14-11-8(12)5-13-6-9(11)15(16)17/h5-7,10H,2-4H2,1H3,(H,13,14). The number of pyridine rings is 1. The van der Waals surface area contributed by atoms with E-state index < -0.39 is 4.92 Å². The second-order valence-corrected chi connectivity index (χ2v) is 5.11. The van der Waals surface area contributed by atoms with Gasteiger partial charge in [-0.1, -0.05) is 0 Å². The van der Waals surface area contributed by atoms with Crippen LogP contribution in [-0.2, 0) is 4.74 Å². The fourth-order valence-corrected chi connectivity index (χ4v) is 2.46. The Morgan fingerprint density at radius 3 is 3.06 bits per heavy atom. The highest BCUT2D eigenvalue weighted by molar-refractivity contribution is 9.10. The molecule has 0 saturated carbocycles. The second kappa shape index (κ2) is 5.62. The van der Waals surface area contributed by atoms with Gasteiger partial charge in [-0.05, 0) is 35.7 Å². The fraction of sp³-hybridized carbons (Fsp3) is 0.545. The molecule has 7 heteroatoms. The number of aromatic nitrogens is 1. The summed E-state index contributed by atoms with van der Waals surface area (Å²) in [6.45, 7) is 2.73. The van der Waals surface area contributed by atoms with Crippen LogP contribution in [0.15, 0.2) is 16.9 Å². The van der Waals surface area contributed by atoms with E-state index in [0.717, 1.165) is 19.4 Å². The fourth-order valence-electron chi connectivity index (χ4n) is 2.02. The van der Waals surface area contributed by atoms with Crippen molar-refractivity contribution in [2.24, 2.45) is 0 Å². The molecule has 1 aliphatic rings. The van der Waals surface area contributed by atoms with Crippen LogP contribution in [0.1, 0.15) is 19.8 Å². The van der Waals surface area contributed by atoms with Gasteiger partial charge in [0.15, 0.2) is 0 Å². The lowest BCUT2D eigenvalue weighted by atomic mass is 10.1. The van der Waals surface area contributed by atoms with E-state index in [1.54, 1.807) is 0 Å². The molecule has 0 spiro atoms. The molecule has 98 valence electrons. The first-order chi connectivity index (χ1) is 8.59. The molecule has 2 unspecified atom stereocenters. The lowest BCUT2D eigenvalue weighted by Gasteiger charge is -2.21. The summed E-state index contributed by atoms with van der Waals surface area (Å²) in [5.74, 6) is 0. The third kappa shape index (κ3) is 2.78. The summed E-state index contributed by atoms with van der Waals surface area (Å²) in [5.41, 5.74) is 0.423. The van der Waals surface area contributed by atoms with Crippen LogP contribution in [0.3, 0.4) is 0 Å². The van der Waals surface area contributed by atoms with Crippen molar-refractivity contribution in [2.75, 3.05) is 11.9 Å². The molecule has 2 heterocycles. The van der Waals surface area contributed by atoms with E-state index in [1.165, 1.54) is 12.4 Å². The van der Waals surface area contributed by atoms with Gasteiger partial charge >= 0.3 is 5.69 Å². The Hall–Kier alpha value is -1.21. The molecule has 1 aromatic rings. The van der Waals surface area contributed by atoms with Crippen molar-refractivity contribution in [3.05, 3.63) is 27.0 Å². The molecule has 0 aliphatic carbocycles. The van der Waals surface area contributed by atoms with Gasteiger partial charge in [0.05, 0.1) is 15.5 Å². The van der Waals surface area contributed by atoms with Gasteiger partial charge in [-0.3, -0.25) is 15.1 Å². The minimum absolute atomic E-state index is 0.0184. The van der Waals surface area contributed by atoms with Crippen LogP contribution >= 0.6 is 15.9 Å². The molecule has 0 aromatic carbocycles. The number of nitrogens with one attached hydrogen (secondary N) is 1. The van der Waals surface area contributed by atoms with Gasteiger partial charge in [-0.25, -0.2) is 0 Å². The van der Waals surface area contributed by atoms with Gasteiger partial charge < -0.3 is 10.1 Å². The highest BCUT2D eigenvalue weighted by Gasteiger charge is 2.25. The van der Waals surface area contributed by atoms with Gasteiger partial charge in [0.2, 0.25) is 0 Å². The van der Waals surface area contributed by atoms with E-state index in [4.69, 9.17) is 4.74 Å². The molecule has 1 aliphatic heterocycles. The summed E-state index contributed by atoms with van der Waals surface area (Å²) < 4.78 is 6.15. The predicted molar refractivity (Wildman–Crippen MR) is 70.7 cm³/mol. The maximum absolute atomic E-state index is 11.0. The van der Waals surface area contributed by atoms with Crippen LogP contribution in [0.2, 0.25) is 0 Å². The number of ether oxygens (including phenoxy) is 1. The molecule has 1 fully saturated rings. The van der Waals surface area contributed by atoms with Crippen LogP contribution in [0.5, 0.6) is 0 Å². The van der Waals surface area contributed by atoms with Crippen molar-refractivity contribution in [2.45, 2.75) is 31.9 Å². The Bertz CT molecular complexity index is 449. The number of hydrogen-bond donors (Lipinski definition) is 1. The summed E-state index contributed by atoms with van der Waals surface area (Å²) in [6.07, 6.45) is 4.90. The molecule has 1 aromatic heterocycles. The molecule has 1 N–H and O–H groups in total. The van der Waals surface area contributed by atoms with Crippen LogP contribution in [0, 0.1) is 10.1 Å². The van der Waals surface area contributed by atoms with Gasteiger partial charge in [0.25, 0.3) is 0 Å². The Morgan fingerprint density at radius 1 is 1.67 bits per heavy atom. The minimum atomic E-state index is -0.442. The van der Waals surface area contributed by atoms with Crippen LogP contribution in [0.4, 0.5) is 11.4 Å². The SMILES string of the molecule is CC(Nc1c(Br)cncc1[N+](=O)[O-])C1CCCO1.